The number of aromatic nitrogens is 1. The predicted molar refractivity (Wildman–Crippen MR) is 98.6 cm³/mol. The van der Waals surface area contributed by atoms with Gasteiger partial charge in [0.2, 0.25) is 0 Å². The molecule has 0 aliphatic rings. The topological polar surface area (TPSA) is 79.0 Å². The number of aryl methyl sites for hydroxylation is 2. The number of aromatic amines is 1. The van der Waals surface area contributed by atoms with E-state index in [2.05, 4.69) is 9.71 Å². The van der Waals surface area contributed by atoms with Crippen LogP contribution in [0.3, 0.4) is 0 Å². The standard InChI is InChI=1S/C18H17ClN2O3S/c1-10-12(3)20-16-8-7-13(9-14(10)16)18(22)21-25(23,24)17-6-4-5-15(19)11(17)2/h4-9,20H,1-3H3,(H,21,22). The first-order valence-electron chi connectivity index (χ1n) is 7.62. The SMILES string of the molecule is Cc1[nH]c2ccc(C(=O)NS(=O)(=O)c3cccc(Cl)c3C)cc2c1C. The van der Waals surface area contributed by atoms with Crippen LogP contribution in [0.5, 0.6) is 0 Å². The average molecular weight is 377 g/mol. The van der Waals surface area contributed by atoms with E-state index in [1.807, 2.05) is 13.8 Å². The van der Waals surface area contributed by atoms with Gasteiger partial charge < -0.3 is 4.98 Å². The van der Waals surface area contributed by atoms with Crippen LogP contribution < -0.4 is 4.72 Å². The zero-order valence-corrected chi connectivity index (χ0v) is 15.5. The van der Waals surface area contributed by atoms with Crippen LogP contribution in [0.25, 0.3) is 10.9 Å². The van der Waals surface area contributed by atoms with Gasteiger partial charge in [-0.05, 0) is 62.2 Å². The van der Waals surface area contributed by atoms with Gasteiger partial charge in [-0.25, -0.2) is 13.1 Å². The highest BCUT2D eigenvalue weighted by Gasteiger charge is 2.22. The molecule has 25 heavy (non-hydrogen) atoms. The number of rotatable bonds is 3. The molecule has 0 saturated carbocycles. The minimum atomic E-state index is -4.01. The van der Waals surface area contributed by atoms with E-state index < -0.39 is 15.9 Å². The van der Waals surface area contributed by atoms with Crippen LogP contribution in [-0.4, -0.2) is 19.3 Å². The molecular formula is C18H17ClN2O3S. The van der Waals surface area contributed by atoms with Crippen molar-refractivity contribution in [3.8, 4) is 0 Å². The van der Waals surface area contributed by atoms with Gasteiger partial charge in [-0.3, -0.25) is 4.79 Å². The third-order valence-electron chi connectivity index (χ3n) is 4.31. The molecule has 2 N–H and O–H groups in total. The first-order valence-corrected chi connectivity index (χ1v) is 9.48. The Morgan fingerprint density at radius 1 is 1.08 bits per heavy atom. The number of sulfonamides is 1. The maximum atomic E-state index is 12.5. The van der Waals surface area contributed by atoms with Crippen molar-refractivity contribution in [1.29, 1.82) is 0 Å². The van der Waals surface area contributed by atoms with Gasteiger partial charge in [-0.1, -0.05) is 17.7 Å². The fraction of sp³-hybridized carbons (Fsp3) is 0.167. The molecule has 130 valence electrons. The molecule has 3 aromatic rings. The number of fused-ring (bicyclic) bond motifs is 1. The molecule has 5 nitrogen and oxygen atoms in total. The molecular weight excluding hydrogens is 360 g/mol. The maximum absolute atomic E-state index is 12.5. The van der Waals surface area contributed by atoms with Crippen molar-refractivity contribution in [2.75, 3.05) is 0 Å². The molecule has 1 amide bonds. The molecule has 1 aromatic heterocycles. The summed E-state index contributed by atoms with van der Waals surface area (Å²) in [4.78, 5) is 15.7. The highest BCUT2D eigenvalue weighted by Crippen LogP contribution is 2.24. The van der Waals surface area contributed by atoms with Gasteiger partial charge in [-0.2, -0.15) is 0 Å². The highest BCUT2D eigenvalue weighted by molar-refractivity contribution is 7.90. The largest absolute Gasteiger partial charge is 0.358 e. The van der Waals surface area contributed by atoms with Crippen LogP contribution in [-0.2, 0) is 10.0 Å². The molecule has 0 unspecified atom stereocenters. The van der Waals surface area contributed by atoms with Crippen molar-refractivity contribution >= 4 is 38.4 Å². The lowest BCUT2D eigenvalue weighted by molar-refractivity contribution is 0.0981. The zero-order valence-electron chi connectivity index (χ0n) is 14.0. The van der Waals surface area contributed by atoms with Gasteiger partial charge >= 0.3 is 0 Å². The number of H-pyrrole nitrogens is 1. The third-order valence-corrected chi connectivity index (χ3v) is 6.19. The summed E-state index contributed by atoms with van der Waals surface area (Å²) in [5.41, 5.74) is 3.61. The van der Waals surface area contributed by atoms with Crippen molar-refractivity contribution in [3.05, 3.63) is 63.8 Å². The average Bonchev–Trinajstić information content (AvgIpc) is 2.83. The second-order valence-corrected chi connectivity index (χ2v) is 7.99. The summed E-state index contributed by atoms with van der Waals surface area (Å²) in [7, 11) is -4.01. The summed E-state index contributed by atoms with van der Waals surface area (Å²) >= 11 is 5.98. The van der Waals surface area contributed by atoms with Gasteiger partial charge in [-0.15, -0.1) is 0 Å². The molecule has 3 rings (SSSR count). The number of halogens is 1. The van der Waals surface area contributed by atoms with Crippen LogP contribution >= 0.6 is 11.6 Å². The Morgan fingerprint density at radius 3 is 2.52 bits per heavy atom. The molecule has 0 bridgehead atoms. The number of amides is 1. The first-order chi connectivity index (χ1) is 11.7. The molecule has 1 heterocycles. The fourth-order valence-electron chi connectivity index (χ4n) is 2.72. The Hall–Kier alpha value is -2.31. The lowest BCUT2D eigenvalue weighted by Gasteiger charge is -2.10. The molecule has 0 saturated heterocycles. The molecule has 0 aliphatic heterocycles. The lowest BCUT2D eigenvalue weighted by Crippen LogP contribution is -2.31. The fourth-order valence-corrected chi connectivity index (χ4v) is 4.19. The van der Waals surface area contributed by atoms with Crippen LogP contribution in [0.4, 0.5) is 0 Å². The lowest BCUT2D eigenvalue weighted by atomic mass is 10.1. The zero-order chi connectivity index (χ0) is 18.4. The Balaban J connectivity index is 1.96. The minimum Gasteiger partial charge on any atom is -0.358 e. The predicted octanol–water partition coefficient (Wildman–Crippen LogP) is 3.87. The summed E-state index contributed by atoms with van der Waals surface area (Å²) in [6, 6.07) is 9.59. The first kappa shape index (κ1) is 17.5. The molecule has 0 atom stereocenters. The molecule has 2 aromatic carbocycles. The van der Waals surface area contributed by atoms with Crippen molar-refractivity contribution in [2.45, 2.75) is 25.7 Å². The van der Waals surface area contributed by atoms with E-state index in [9.17, 15) is 13.2 Å². The van der Waals surface area contributed by atoms with Gasteiger partial charge in [0.15, 0.2) is 0 Å². The van der Waals surface area contributed by atoms with E-state index in [-0.39, 0.29) is 10.5 Å². The molecule has 7 heteroatoms. The minimum absolute atomic E-state index is 0.0110. The molecule has 0 aliphatic carbocycles. The summed E-state index contributed by atoms with van der Waals surface area (Å²) < 4.78 is 27.2. The van der Waals surface area contributed by atoms with E-state index >= 15 is 0 Å². The quantitative estimate of drug-likeness (QED) is 0.728. The Labute approximate surface area is 151 Å². The summed E-state index contributed by atoms with van der Waals surface area (Å²) in [6.45, 7) is 5.49. The Bertz CT molecular complexity index is 1100. The van der Waals surface area contributed by atoms with Crippen LogP contribution in [0.2, 0.25) is 5.02 Å². The normalized spacial score (nSPS) is 11.7. The van der Waals surface area contributed by atoms with E-state index in [4.69, 9.17) is 11.6 Å². The van der Waals surface area contributed by atoms with Gasteiger partial charge in [0.25, 0.3) is 15.9 Å². The molecule has 0 fully saturated rings. The summed E-state index contributed by atoms with van der Waals surface area (Å²) in [5, 5.41) is 1.22. The summed E-state index contributed by atoms with van der Waals surface area (Å²) in [5.74, 6) is -0.681. The van der Waals surface area contributed by atoms with Crippen LogP contribution in [0.15, 0.2) is 41.3 Å². The van der Waals surface area contributed by atoms with Gasteiger partial charge in [0.05, 0.1) is 4.90 Å². The van der Waals surface area contributed by atoms with Gasteiger partial charge in [0.1, 0.15) is 0 Å². The van der Waals surface area contributed by atoms with E-state index in [1.54, 1.807) is 31.2 Å². The van der Waals surface area contributed by atoms with E-state index in [0.29, 0.717) is 10.6 Å². The number of carbonyl (C=O) groups is 1. The number of hydrogen-bond acceptors (Lipinski definition) is 3. The Morgan fingerprint density at radius 2 is 1.80 bits per heavy atom. The van der Waals surface area contributed by atoms with Crippen LogP contribution in [0, 0.1) is 20.8 Å². The second kappa shape index (κ2) is 6.20. The highest BCUT2D eigenvalue weighted by atomic mass is 35.5. The van der Waals surface area contributed by atoms with Crippen LogP contribution in [0.1, 0.15) is 27.2 Å². The number of carbonyl (C=O) groups excluding carboxylic acids is 1. The van der Waals surface area contributed by atoms with Crippen molar-refractivity contribution < 1.29 is 13.2 Å². The molecule has 0 radical (unpaired) electrons. The summed E-state index contributed by atoms with van der Waals surface area (Å²) in [6.07, 6.45) is 0. The van der Waals surface area contributed by atoms with Crippen molar-refractivity contribution in [3.63, 3.8) is 0 Å². The second-order valence-electron chi connectivity index (χ2n) is 5.93. The van der Waals surface area contributed by atoms with Crippen molar-refractivity contribution in [2.24, 2.45) is 0 Å². The maximum Gasteiger partial charge on any atom is 0.265 e. The Kier molecular flexibility index (Phi) is 4.34. The van der Waals surface area contributed by atoms with Crippen molar-refractivity contribution in [1.82, 2.24) is 9.71 Å². The molecule has 0 spiro atoms. The van der Waals surface area contributed by atoms with E-state index in [1.165, 1.54) is 12.1 Å². The smallest absolute Gasteiger partial charge is 0.265 e. The number of benzene rings is 2. The third kappa shape index (κ3) is 3.15. The number of hydrogen-bond donors (Lipinski definition) is 2. The van der Waals surface area contributed by atoms with Gasteiger partial charge in [0, 0.05) is 27.2 Å². The van der Waals surface area contributed by atoms with E-state index in [0.717, 1.165) is 22.2 Å². The number of nitrogens with one attached hydrogen (secondary N) is 2. The monoisotopic (exact) mass is 376 g/mol.